The summed E-state index contributed by atoms with van der Waals surface area (Å²) in [7, 11) is 0. The molecule has 0 fully saturated rings. The third-order valence-electron chi connectivity index (χ3n) is 3.19. The maximum absolute atomic E-state index is 13.7. The largest absolute Gasteiger partial charge is 0.478 e. The highest BCUT2D eigenvalue weighted by Gasteiger charge is 2.16. The molecule has 5 nitrogen and oxygen atoms in total. The molecule has 0 saturated carbocycles. The average Bonchev–Trinajstić information content (AvgIpc) is 2.93. The zero-order valence-electron chi connectivity index (χ0n) is 11.2. The van der Waals surface area contributed by atoms with Crippen LogP contribution in [0.2, 0.25) is 0 Å². The van der Waals surface area contributed by atoms with Gasteiger partial charge in [0.05, 0.1) is 16.8 Å². The minimum atomic E-state index is -1.20. The monoisotopic (exact) mass is 299 g/mol. The number of halogens is 1. The topological polar surface area (TPSA) is 79.5 Å². The second-order valence-electron chi connectivity index (χ2n) is 4.60. The van der Waals surface area contributed by atoms with Crippen molar-refractivity contribution in [1.82, 2.24) is 0 Å². The number of furan rings is 1. The lowest BCUT2D eigenvalue weighted by Crippen LogP contribution is -2.13. The Morgan fingerprint density at radius 1 is 1.14 bits per heavy atom. The van der Waals surface area contributed by atoms with E-state index in [0.29, 0.717) is 11.0 Å². The highest BCUT2D eigenvalue weighted by Crippen LogP contribution is 2.23. The molecule has 0 atom stereocenters. The van der Waals surface area contributed by atoms with E-state index in [4.69, 9.17) is 9.52 Å². The molecular formula is C16H10FNO4. The summed E-state index contributed by atoms with van der Waals surface area (Å²) in [6, 6.07) is 10.1. The third kappa shape index (κ3) is 2.42. The van der Waals surface area contributed by atoms with Crippen LogP contribution < -0.4 is 5.32 Å². The standard InChI is InChI=1S/C16H10FNO4/c17-12-6-5-9(16(20)21)7-13(12)18-15(19)11-8-22-14-4-2-1-3-10(11)14/h1-8H,(H,18,19)(H,20,21). The van der Waals surface area contributed by atoms with Crippen molar-refractivity contribution in [2.24, 2.45) is 0 Å². The number of anilines is 1. The molecule has 0 aliphatic rings. The Kier molecular flexibility index (Phi) is 3.34. The molecule has 0 saturated heterocycles. The first-order chi connectivity index (χ1) is 10.6. The number of amides is 1. The summed E-state index contributed by atoms with van der Waals surface area (Å²) in [5, 5.41) is 11.9. The van der Waals surface area contributed by atoms with Gasteiger partial charge in [-0.1, -0.05) is 18.2 Å². The van der Waals surface area contributed by atoms with Crippen LogP contribution in [0.15, 0.2) is 53.1 Å². The van der Waals surface area contributed by atoms with Crippen LogP contribution in [0.1, 0.15) is 20.7 Å². The number of hydrogen-bond acceptors (Lipinski definition) is 3. The van der Waals surface area contributed by atoms with Gasteiger partial charge in [0.2, 0.25) is 0 Å². The van der Waals surface area contributed by atoms with Crippen molar-refractivity contribution < 1.29 is 23.5 Å². The van der Waals surface area contributed by atoms with E-state index in [1.807, 2.05) is 0 Å². The molecule has 0 aliphatic heterocycles. The molecule has 6 heteroatoms. The average molecular weight is 299 g/mol. The molecule has 0 radical (unpaired) electrons. The number of carboxylic acid groups (broad SMARTS) is 1. The summed E-state index contributed by atoms with van der Waals surface area (Å²) in [6.07, 6.45) is 1.28. The SMILES string of the molecule is O=C(O)c1ccc(F)c(NC(=O)c2coc3ccccc23)c1. The van der Waals surface area contributed by atoms with E-state index in [0.717, 1.165) is 18.2 Å². The number of aromatic carboxylic acids is 1. The second kappa shape index (κ2) is 5.33. The zero-order valence-corrected chi connectivity index (χ0v) is 11.2. The minimum absolute atomic E-state index is 0.117. The van der Waals surface area contributed by atoms with Crippen molar-refractivity contribution in [2.75, 3.05) is 5.32 Å². The number of carboxylic acids is 1. The van der Waals surface area contributed by atoms with Crippen molar-refractivity contribution in [1.29, 1.82) is 0 Å². The maximum Gasteiger partial charge on any atom is 0.335 e. The Bertz CT molecular complexity index is 885. The molecule has 0 spiro atoms. The van der Waals surface area contributed by atoms with Crippen molar-refractivity contribution in [3.8, 4) is 0 Å². The highest BCUT2D eigenvalue weighted by atomic mass is 19.1. The number of fused-ring (bicyclic) bond motifs is 1. The molecular weight excluding hydrogens is 289 g/mol. The van der Waals surface area contributed by atoms with Gasteiger partial charge in [-0.2, -0.15) is 0 Å². The fourth-order valence-corrected chi connectivity index (χ4v) is 2.10. The molecule has 1 aromatic heterocycles. The number of para-hydroxylation sites is 1. The van der Waals surface area contributed by atoms with Gasteiger partial charge in [-0.15, -0.1) is 0 Å². The van der Waals surface area contributed by atoms with Gasteiger partial charge in [-0.25, -0.2) is 9.18 Å². The fourth-order valence-electron chi connectivity index (χ4n) is 2.10. The van der Waals surface area contributed by atoms with Crippen molar-refractivity contribution >= 4 is 28.5 Å². The van der Waals surface area contributed by atoms with Gasteiger partial charge >= 0.3 is 5.97 Å². The summed E-state index contributed by atoms with van der Waals surface area (Å²) < 4.78 is 19.0. The highest BCUT2D eigenvalue weighted by molar-refractivity contribution is 6.12. The van der Waals surface area contributed by atoms with Crippen molar-refractivity contribution in [2.45, 2.75) is 0 Å². The number of carbonyl (C=O) groups excluding carboxylic acids is 1. The Labute approximate surface area is 124 Å². The summed E-state index contributed by atoms with van der Waals surface area (Å²) >= 11 is 0. The summed E-state index contributed by atoms with van der Waals surface area (Å²) in [5.41, 5.74) is 0.465. The molecule has 2 aromatic carbocycles. The van der Waals surface area contributed by atoms with E-state index in [-0.39, 0.29) is 16.8 Å². The van der Waals surface area contributed by atoms with Crippen molar-refractivity contribution in [3.63, 3.8) is 0 Å². The van der Waals surface area contributed by atoms with E-state index in [1.165, 1.54) is 6.26 Å². The van der Waals surface area contributed by atoms with E-state index >= 15 is 0 Å². The quantitative estimate of drug-likeness (QED) is 0.775. The van der Waals surface area contributed by atoms with Crippen LogP contribution in [0.5, 0.6) is 0 Å². The lowest BCUT2D eigenvalue weighted by Gasteiger charge is -2.06. The third-order valence-corrected chi connectivity index (χ3v) is 3.19. The smallest absolute Gasteiger partial charge is 0.335 e. The van der Waals surface area contributed by atoms with Gasteiger partial charge in [0, 0.05) is 5.39 Å². The summed E-state index contributed by atoms with van der Waals surface area (Å²) in [5.74, 6) is -2.50. The molecule has 110 valence electrons. The van der Waals surface area contributed by atoms with Crippen LogP contribution in [0.3, 0.4) is 0 Å². The lowest BCUT2D eigenvalue weighted by molar-refractivity contribution is 0.0696. The van der Waals surface area contributed by atoms with Crippen LogP contribution in [-0.2, 0) is 0 Å². The Balaban J connectivity index is 1.94. The maximum atomic E-state index is 13.7. The number of benzene rings is 2. The van der Waals surface area contributed by atoms with Gasteiger partial charge in [0.25, 0.3) is 5.91 Å². The molecule has 22 heavy (non-hydrogen) atoms. The zero-order chi connectivity index (χ0) is 15.7. The molecule has 3 aromatic rings. The van der Waals surface area contributed by atoms with E-state index in [9.17, 15) is 14.0 Å². The van der Waals surface area contributed by atoms with Crippen LogP contribution in [0, 0.1) is 5.82 Å². The van der Waals surface area contributed by atoms with Crippen LogP contribution in [0.4, 0.5) is 10.1 Å². The van der Waals surface area contributed by atoms with Gasteiger partial charge < -0.3 is 14.8 Å². The lowest BCUT2D eigenvalue weighted by atomic mass is 10.1. The van der Waals surface area contributed by atoms with Gasteiger partial charge in [-0.3, -0.25) is 4.79 Å². The number of carbonyl (C=O) groups is 2. The molecule has 3 rings (SSSR count). The van der Waals surface area contributed by atoms with Gasteiger partial charge in [0.1, 0.15) is 17.7 Å². The Hall–Kier alpha value is -3.15. The molecule has 1 amide bonds. The molecule has 0 bridgehead atoms. The second-order valence-corrected chi connectivity index (χ2v) is 4.60. The van der Waals surface area contributed by atoms with Gasteiger partial charge in [0.15, 0.2) is 0 Å². The molecule has 1 heterocycles. The molecule has 0 aliphatic carbocycles. The Morgan fingerprint density at radius 3 is 2.68 bits per heavy atom. The van der Waals surface area contributed by atoms with Gasteiger partial charge in [-0.05, 0) is 24.3 Å². The van der Waals surface area contributed by atoms with Crippen molar-refractivity contribution in [3.05, 3.63) is 65.7 Å². The van der Waals surface area contributed by atoms with E-state index in [1.54, 1.807) is 24.3 Å². The predicted octanol–water partition coefficient (Wildman–Crippen LogP) is 3.52. The van der Waals surface area contributed by atoms with Crippen LogP contribution in [-0.4, -0.2) is 17.0 Å². The number of rotatable bonds is 3. The summed E-state index contributed by atoms with van der Waals surface area (Å²) in [6.45, 7) is 0. The Morgan fingerprint density at radius 2 is 1.91 bits per heavy atom. The molecule has 2 N–H and O–H groups in total. The fraction of sp³-hybridized carbons (Fsp3) is 0. The minimum Gasteiger partial charge on any atom is -0.478 e. The first-order valence-electron chi connectivity index (χ1n) is 6.36. The molecule has 0 unspecified atom stereocenters. The number of nitrogens with one attached hydrogen (secondary N) is 1. The number of hydrogen-bond donors (Lipinski definition) is 2. The van der Waals surface area contributed by atoms with E-state index in [2.05, 4.69) is 5.32 Å². The first-order valence-corrected chi connectivity index (χ1v) is 6.36. The predicted molar refractivity (Wildman–Crippen MR) is 77.5 cm³/mol. The van der Waals surface area contributed by atoms with E-state index < -0.39 is 17.7 Å². The van der Waals surface area contributed by atoms with Crippen LogP contribution >= 0.6 is 0 Å². The normalized spacial score (nSPS) is 10.6. The van der Waals surface area contributed by atoms with Crippen LogP contribution in [0.25, 0.3) is 11.0 Å². The first kappa shape index (κ1) is 13.8. The summed E-state index contributed by atoms with van der Waals surface area (Å²) in [4.78, 5) is 23.1.